The predicted octanol–water partition coefficient (Wildman–Crippen LogP) is 2.39. The van der Waals surface area contributed by atoms with Crippen molar-refractivity contribution in [2.45, 2.75) is 38.8 Å². The average Bonchev–Trinajstić information content (AvgIpc) is 3.25. The smallest absolute Gasteiger partial charge is 0.0412 e. The minimum Gasteiger partial charge on any atom is -0.370 e. The quantitative estimate of drug-likeness (QED) is 0.909. The molecule has 0 atom stereocenters. The molecule has 3 nitrogen and oxygen atoms in total. The lowest BCUT2D eigenvalue weighted by molar-refractivity contribution is 0.360. The zero-order valence-corrected chi connectivity index (χ0v) is 12.9. The van der Waals surface area contributed by atoms with E-state index >= 15 is 0 Å². The Labute approximate surface area is 123 Å². The summed E-state index contributed by atoms with van der Waals surface area (Å²) in [5.41, 5.74) is 4.29. The summed E-state index contributed by atoms with van der Waals surface area (Å²) >= 11 is 0. The molecule has 0 aromatic heterocycles. The number of rotatable bonds is 4. The molecule has 1 aromatic rings. The molecule has 1 aliphatic carbocycles. The Balaban J connectivity index is 1.75. The van der Waals surface area contributed by atoms with Gasteiger partial charge in [-0.05, 0) is 51.4 Å². The third kappa shape index (κ3) is 3.53. The van der Waals surface area contributed by atoms with Gasteiger partial charge in [-0.15, -0.1) is 0 Å². The molecule has 2 aliphatic rings. The monoisotopic (exact) mass is 273 g/mol. The van der Waals surface area contributed by atoms with Crippen LogP contribution < -0.4 is 10.2 Å². The van der Waals surface area contributed by atoms with Crippen LogP contribution in [0.5, 0.6) is 0 Å². The van der Waals surface area contributed by atoms with E-state index in [-0.39, 0.29) is 0 Å². The van der Waals surface area contributed by atoms with E-state index in [9.17, 15) is 0 Å². The van der Waals surface area contributed by atoms with Crippen LogP contribution in [0, 0.1) is 6.92 Å². The number of hydrogen-bond donors (Lipinski definition) is 1. The highest BCUT2D eigenvalue weighted by atomic mass is 15.2. The van der Waals surface area contributed by atoms with Crippen molar-refractivity contribution in [1.29, 1.82) is 0 Å². The molecule has 0 amide bonds. The number of hydrogen-bond acceptors (Lipinski definition) is 3. The molecule has 3 rings (SSSR count). The molecule has 1 N–H and O–H groups in total. The van der Waals surface area contributed by atoms with Crippen molar-refractivity contribution in [3.63, 3.8) is 0 Å². The van der Waals surface area contributed by atoms with Crippen molar-refractivity contribution < 1.29 is 0 Å². The van der Waals surface area contributed by atoms with Gasteiger partial charge in [0.05, 0.1) is 0 Å². The Morgan fingerprint density at radius 2 is 2.00 bits per heavy atom. The van der Waals surface area contributed by atoms with Gasteiger partial charge in [0, 0.05) is 37.9 Å². The molecule has 0 spiro atoms. The fourth-order valence-corrected chi connectivity index (χ4v) is 2.99. The van der Waals surface area contributed by atoms with Crippen molar-refractivity contribution in [3.05, 3.63) is 29.3 Å². The molecule has 0 radical (unpaired) electrons. The molecular weight excluding hydrogens is 246 g/mol. The Kier molecular flexibility index (Phi) is 4.27. The third-order valence-corrected chi connectivity index (χ3v) is 4.45. The van der Waals surface area contributed by atoms with E-state index in [1.807, 2.05) is 0 Å². The van der Waals surface area contributed by atoms with E-state index in [1.165, 1.54) is 55.7 Å². The average molecular weight is 273 g/mol. The molecule has 1 saturated heterocycles. The van der Waals surface area contributed by atoms with Gasteiger partial charge in [-0.3, -0.25) is 0 Å². The molecule has 1 aromatic carbocycles. The van der Waals surface area contributed by atoms with Crippen molar-refractivity contribution in [1.82, 2.24) is 10.2 Å². The van der Waals surface area contributed by atoms with E-state index < -0.39 is 0 Å². The van der Waals surface area contributed by atoms with Gasteiger partial charge in [0.15, 0.2) is 0 Å². The van der Waals surface area contributed by atoms with E-state index in [1.54, 1.807) is 0 Å². The van der Waals surface area contributed by atoms with Crippen LogP contribution in [0.25, 0.3) is 0 Å². The second-order valence-electron chi connectivity index (χ2n) is 6.43. The maximum Gasteiger partial charge on any atom is 0.0412 e. The highest BCUT2D eigenvalue weighted by Crippen LogP contribution is 2.25. The highest BCUT2D eigenvalue weighted by Gasteiger charge is 2.21. The first kappa shape index (κ1) is 13.9. The lowest BCUT2D eigenvalue weighted by atomic mass is 10.1. The van der Waals surface area contributed by atoms with Crippen LogP contribution >= 0.6 is 0 Å². The topological polar surface area (TPSA) is 18.5 Å². The zero-order valence-electron chi connectivity index (χ0n) is 12.9. The van der Waals surface area contributed by atoms with Gasteiger partial charge in [-0.2, -0.15) is 0 Å². The maximum absolute atomic E-state index is 3.67. The van der Waals surface area contributed by atoms with Gasteiger partial charge < -0.3 is 15.1 Å². The number of nitrogens with zero attached hydrogens (tertiary/aromatic N) is 2. The molecule has 0 bridgehead atoms. The van der Waals surface area contributed by atoms with Crippen molar-refractivity contribution >= 4 is 5.69 Å². The summed E-state index contributed by atoms with van der Waals surface area (Å²) < 4.78 is 0. The van der Waals surface area contributed by atoms with Crippen LogP contribution in [-0.2, 0) is 6.54 Å². The Hall–Kier alpha value is -1.06. The zero-order chi connectivity index (χ0) is 13.9. The normalized spacial score (nSPS) is 21.0. The summed E-state index contributed by atoms with van der Waals surface area (Å²) in [6, 6.07) is 7.72. The van der Waals surface area contributed by atoms with Gasteiger partial charge >= 0.3 is 0 Å². The molecule has 2 fully saturated rings. The Morgan fingerprint density at radius 3 is 2.80 bits per heavy atom. The molecule has 0 unspecified atom stereocenters. The third-order valence-electron chi connectivity index (χ3n) is 4.45. The van der Waals surface area contributed by atoms with Gasteiger partial charge in [0.1, 0.15) is 0 Å². The van der Waals surface area contributed by atoms with E-state index in [4.69, 9.17) is 0 Å². The molecule has 20 heavy (non-hydrogen) atoms. The van der Waals surface area contributed by atoms with Crippen molar-refractivity contribution in [2.24, 2.45) is 0 Å². The van der Waals surface area contributed by atoms with Crippen molar-refractivity contribution in [2.75, 3.05) is 38.1 Å². The van der Waals surface area contributed by atoms with Crippen LogP contribution in [0.1, 0.15) is 30.4 Å². The molecular formula is C17H27N3. The number of benzene rings is 1. The minimum atomic E-state index is 0.777. The maximum atomic E-state index is 3.67. The summed E-state index contributed by atoms with van der Waals surface area (Å²) in [7, 11) is 2.23. The van der Waals surface area contributed by atoms with Crippen LogP contribution in [0.3, 0.4) is 0 Å². The SMILES string of the molecule is Cc1ccc(N2CCCN(C)CC2)c(CNC2CC2)c1. The number of nitrogens with one attached hydrogen (secondary N) is 1. The summed E-state index contributed by atoms with van der Waals surface area (Å²) in [6.07, 6.45) is 3.98. The van der Waals surface area contributed by atoms with Gasteiger partial charge in [-0.25, -0.2) is 0 Å². The number of likely N-dealkylation sites (N-methyl/N-ethyl adjacent to an activating group) is 1. The van der Waals surface area contributed by atoms with Gasteiger partial charge in [-0.1, -0.05) is 17.7 Å². The standard InChI is InChI=1S/C17H27N3/c1-14-4-7-17(15(12-14)13-18-16-5-6-16)20-9-3-8-19(2)10-11-20/h4,7,12,16,18H,3,5-6,8-11,13H2,1-2H3. The lowest BCUT2D eigenvalue weighted by Crippen LogP contribution is -2.30. The molecule has 1 aliphatic heterocycles. The van der Waals surface area contributed by atoms with Crippen molar-refractivity contribution in [3.8, 4) is 0 Å². The van der Waals surface area contributed by atoms with E-state index in [0.717, 1.165) is 19.1 Å². The minimum absolute atomic E-state index is 0.777. The number of anilines is 1. The molecule has 110 valence electrons. The molecule has 1 saturated carbocycles. The highest BCUT2D eigenvalue weighted by molar-refractivity contribution is 5.55. The first-order valence-electron chi connectivity index (χ1n) is 7.99. The number of aryl methyl sites for hydroxylation is 1. The van der Waals surface area contributed by atoms with E-state index in [0.29, 0.717) is 0 Å². The fourth-order valence-electron chi connectivity index (χ4n) is 2.99. The second kappa shape index (κ2) is 6.15. The van der Waals surface area contributed by atoms with Gasteiger partial charge in [0.2, 0.25) is 0 Å². The Morgan fingerprint density at radius 1 is 1.15 bits per heavy atom. The summed E-state index contributed by atoms with van der Waals surface area (Å²) in [4.78, 5) is 5.02. The fraction of sp³-hybridized carbons (Fsp3) is 0.647. The molecule has 3 heteroatoms. The largest absolute Gasteiger partial charge is 0.370 e. The Bertz CT molecular complexity index is 454. The summed E-state index contributed by atoms with van der Waals surface area (Å²) in [6.45, 7) is 7.94. The van der Waals surface area contributed by atoms with E-state index in [2.05, 4.69) is 47.3 Å². The molecule has 1 heterocycles. The first-order valence-corrected chi connectivity index (χ1v) is 7.99. The van der Waals surface area contributed by atoms with Crippen LogP contribution in [-0.4, -0.2) is 44.2 Å². The summed E-state index contributed by atoms with van der Waals surface area (Å²) in [5.74, 6) is 0. The van der Waals surface area contributed by atoms with Gasteiger partial charge in [0.25, 0.3) is 0 Å². The van der Waals surface area contributed by atoms with Crippen LogP contribution in [0.4, 0.5) is 5.69 Å². The van der Waals surface area contributed by atoms with Crippen LogP contribution in [0.2, 0.25) is 0 Å². The second-order valence-corrected chi connectivity index (χ2v) is 6.43. The lowest BCUT2D eigenvalue weighted by Gasteiger charge is -2.26. The van der Waals surface area contributed by atoms with Crippen LogP contribution in [0.15, 0.2) is 18.2 Å². The predicted molar refractivity (Wildman–Crippen MR) is 85.4 cm³/mol. The first-order chi connectivity index (χ1) is 9.72. The summed E-state index contributed by atoms with van der Waals surface area (Å²) in [5, 5.41) is 3.67.